The summed E-state index contributed by atoms with van der Waals surface area (Å²) in [6, 6.07) is 5.68. The molecule has 19 heavy (non-hydrogen) atoms. The predicted octanol–water partition coefficient (Wildman–Crippen LogP) is 1.19. The molecule has 0 bridgehead atoms. The predicted molar refractivity (Wildman–Crippen MR) is 75.3 cm³/mol. The van der Waals surface area contributed by atoms with E-state index in [4.69, 9.17) is 5.73 Å². The van der Waals surface area contributed by atoms with Crippen molar-refractivity contribution >= 4 is 23.1 Å². The molecule has 102 valence electrons. The van der Waals surface area contributed by atoms with Gasteiger partial charge in [0, 0.05) is 43.0 Å². The number of amides is 1. The third-order valence-electron chi connectivity index (χ3n) is 3.38. The van der Waals surface area contributed by atoms with Crippen molar-refractivity contribution in [3.05, 3.63) is 23.8 Å². The molecule has 5 nitrogen and oxygen atoms in total. The van der Waals surface area contributed by atoms with Gasteiger partial charge in [-0.1, -0.05) is 0 Å². The van der Waals surface area contributed by atoms with Crippen LogP contribution in [-0.2, 0) is 4.79 Å². The van der Waals surface area contributed by atoms with Crippen molar-refractivity contribution in [3.8, 4) is 0 Å². The summed E-state index contributed by atoms with van der Waals surface area (Å²) in [5.41, 5.74) is 7.95. The summed E-state index contributed by atoms with van der Waals surface area (Å²) in [7, 11) is 0. The number of nitrogens with one attached hydrogen (secondary N) is 1. The molecule has 3 N–H and O–H groups in total. The van der Waals surface area contributed by atoms with Gasteiger partial charge in [0.15, 0.2) is 5.78 Å². The zero-order chi connectivity index (χ0) is 14.0. The number of ketones is 1. The molecule has 1 aliphatic rings. The van der Waals surface area contributed by atoms with Crippen molar-refractivity contribution in [2.24, 2.45) is 0 Å². The molecule has 1 fully saturated rings. The molecule has 1 saturated heterocycles. The molecule has 0 aliphatic carbocycles. The summed E-state index contributed by atoms with van der Waals surface area (Å²) in [6.45, 7) is 4.69. The van der Waals surface area contributed by atoms with Crippen molar-refractivity contribution in [2.45, 2.75) is 26.3 Å². The summed E-state index contributed by atoms with van der Waals surface area (Å²) >= 11 is 0. The van der Waals surface area contributed by atoms with E-state index in [1.165, 1.54) is 13.8 Å². The Morgan fingerprint density at radius 2 is 2.11 bits per heavy atom. The van der Waals surface area contributed by atoms with E-state index in [0.717, 1.165) is 25.2 Å². The number of hydrogen-bond donors (Lipinski definition) is 2. The van der Waals surface area contributed by atoms with Crippen LogP contribution in [0.1, 0.15) is 30.6 Å². The highest BCUT2D eigenvalue weighted by atomic mass is 16.1. The standard InChI is InChI=1S/C14H19N3O2/c1-9(18)13-4-3-12(7-14(13)15)17-6-5-11(8-17)16-10(2)19/h3-4,7,11H,5-6,8,15H2,1-2H3,(H,16,19). The molecule has 0 radical (unpaired) electrons. The van der Waals surface area contributed by atoms with Gasteiger partial charge in [-0.25, -0.2) is 0 Å². The number of rotatable bonds is 3. The number of nitrogens with zero attached hydrogens (tertiary/aromatic N) is 1. The molecule has 1 aromatic rings. The number of nitrogens with two attached hydrogens (primary N) is 1. The Morgan fingerprint density at radius 3 is 2.68 bits per heavy atom. The number of anilines is 2. The van der Waals surface area contributed by atoms with Gasteiger partial charge in [-0.15, -0.1) is 0 Å². The SMILES string of the molecule is CC(=O)NC1CCN(c2ccc(C(C)=O)c(N)c2)C1. The smallest absolute Gasteiger partial charge is 0.217 e. The number of nitrogen functional groups attached to an aromatic ring is 1. The lowest BCUT2D eigenvalue weighted by molar-refractivity contribution is -0.119. The third-order valence-corrected chi connectivity index (χ3v) is 3.38. The second kappa shape index (κ2) is 5.30. The first-order valence-corrected chi connectivity index (χ1v) is 6.40. The van der Waals surface area contributed by atoms with Gasteiger partial charge < -0.3 is 16.0 Å². The van der Waals surface area contributed by atoms with Crippen LogP contribution in [-0.4, -0.2) is 30.8 Å². The van der Waals surface area contributed by atoms with Crippen LogP contribution in [0.4, 0.5) is 11.4 Å². The Kier molecular flexibility index (Phi) is 3.74. The van der Waals surface area contributed by atoms with Gasteiger partial charge >= 0.3 is 0 Å². The van der Waals surface area contributed by atoms with E-state index in [2.05, 4.69) is 10.2 Å². The average Bonchev–Trinajstić information content (AvgIpc) is 2.75. The van der Waals surface area contributed by atoms with Gasteiger partial charge in [0.1, 0.15) is 0 Å². The van der Waals surface area contributed by atoms with E-state index in [-0.39, 0.29) is 17.7 Å². The van der Waals surface area contributed by atoms with Crippen molar-refractivity contribution in [2.75, 3.05) is 23.7 Å². The number of benzene rings is 1. The summed E-state index contributed by atoms with van der Waals surface area (Å²) in [5, 5.41) is 2.92. The Bertz CT molecular complexity index is 513. The number of Topliss-reactive ketones (excluding diaryl/α,β-unsaturated/α-hetero) is 1. The zero-order valence-corrected chi connectivity index (χ0v) is 11.3. The van der Waals surface area contributed by atoms with Crippen LogP contribution >= 0.6 is 0 Å². The van der Waals surface area contributed by atoms with Gasteiger partial charge in [-0.3, -0.25) is 9.59 Å². The quantitative estimate of drug-likeness (QED) is 0.633. The lowest BCUT2D eigenvalue weighted by atomic mass is 10.1. The number of carbonyl (C=O) groups is 2. The van der Waals surface area contributed by atoms with Gasteiger partial charge in [0.25, 0.3) is 0 Å². The van der Waals surface area contributed by atoms with Crippen LogP contribution in [0.5, 0.6) is 0 Å². The van der Waals surface area contributed by atoms with E-state index in [0.29, 0.717) is 11.3 Å². The van der Waals surface area contributed by atoms with E-state index < -0.39 is 0 Å². The van der Waals surface area contributed by atoms with Crippen LogP contribution in [0.3, 0.4) is 0 Å². The largest absolute Gasteiger partial charge is 0.398 e. The molecule has 1 unspecified atom stereocenters. The topological polar surface area (TPSA) is 75.4 Å². The second-order valence-electron chi connectivity index (χ2n) is 4.96. The first-order chi connectivity index (χ1) is 8.97. The first kappa shape index (κ1) is 13.4. The molecule has 0 aromatic heterocycles. The molecule has 0 saturated carbocycles. The fourth-order valence-electron chi connectivity index (χ4n) is 2.47. The van der Waals surface area contributed by atoms with E-state index in [1.54, 1.807) is 6.07 Å². The average molecular weight is 261 g/mol. The Labute approximate surface area is 112 Å². The van der Waals surface area contributed by atoms with Gasteiger partial charge in [0.05, 0.1) is 0 Å². The first-order valence-electron chi connectivity index (χ1n) is 6.40. The van der Waals surface area contributed by atoms with E-state index in [1.807, 2.05) is 12.1 Å². The maximum absolute atomic E-state index is 11.3. The molecular formula is C14H19N3O2. The lowest BCUT2D eigenvalue weighted by Crippen LogP contribution is -2.35. The molecule has 5 heteroatoms. The fourth-order valence-corrected chi connectivity index (χ4v) is 2.47. The maximum atomic E-state index is 11.3. The number of hydrogen-bond acceptors (Lipinski definition) is 4. The minimum atomic E-state index is -0.0263. The molecule has 1 heterocycles. The van der Waals surface area contributed by atoms with Crippen LogP contribution < -0.4 is 16.0 Å². The Balaban J connectivity index is 2.09. The van der Waals surface area contributed by atoms with E-state index >= 15 is 0 Å². The Hall–Kier alpha value is -2.04. The molecule has 1 aromatic carbocycles. The number of carbonyl (C=O) groups excluding carboxylic acids is 2. The lowest BCUT2D eigenvalue weighted by Gasteiger charge is -2.20. The monoisotopic (exact) mass is 261 g/mol. The Morgan fingerprint density at radius 1 is 1.37 bits per heavy atom. The third kappa shape index (κ3) is 3.05. The molecule has 1 atom stereocenters. The van der Waals surface area contributed by atoms with Crippen molar-refractivity contribution in [1.82, 2.24) is 5.32 Å². The highest BCUT2D eigenvalue weighted by Crippen LogP contribution is 2.25. The summed E-state index contributed by atoms with van der Waals surface area (Å²) in [6.07, 6.45) is 0.925. The highest BCUT2D eigenvalue weighted by Gasteiger charge is 2.23. The normalized spacial score (nSPS) is 18.4. The van der Waals surface area contributed by atoms with Crippen molar-refractivity contribution in [3.63, 3.8) is 0 Å². The molecular weight excluding hydrogens is 242 g/mol. The van der Waals surface area contributed by atoms with Crippen molar-refractivity contribution < 1.29 is 9.59 Å². The van der Waals surface area contributed by atoms with Gasteiger partial charge in [-0.05, 0) is 31.5 Å². The highest BCUT2D eigenvalue weighted by molar-refractivity contribution is 5.99. The van der Waals surface area contributed by atoms with Crippen LogP contribution in [0.25, 0.3) is 0 Å². The minimum absolute atomic E-state index is 0.00158. The molecule has 1 aliphatic heterocycles. The van der Waals surface area contributed by atoms with Crippen molar-refractivity contribution in [1.29, 1.82) is 0 Å². The summed E-state index contributed by atoms with van der Waals surface area (Å²) < 4.78 is 0. The second-order valence-corrected chi connectivity index (χ2v) is 4.96. The van der Waals surface area contributed by atoms with Crippen LogP contribution in [0.2, 0.25) is 0 Å². The van der Waals surface area contributed by atoms with E-state index in [9.17, 15) is 9.59 Å². The molecule has 0 spiro atoms. The minimum Gasteiger partial charge on any atom is -0.398 e. The van der Waals surface area contributed by atoms with Crippen LogP contribution in [0.15, 0.2) is 18.2 Å². The molecule has 1 amide bonds. The van der Waals surface area contributed by atoms with Gasteiger partial charge in [-0.2, -0.15) is 0 Å². The molecule has 2 rings (SSSR count). The fraction of sp³-hybridized carbons (Fsp3) is 0.429. The zero-order valence-electron chi connectivity index (χ0n) is 11.3. The summed E-state index contributed by atoms with van der Waals surface area (Å²) in [5.74, 6) is -0.0279. The van der Waals surface area contributed by atoms with Gasteiger partial charge in [0.2, 0.25) is 5.91 Å². The van der Waals surface area contributed by atoms with Crippen LogP contribution in [0, 0.1) is 0 Å². The maximum Gasteiger partial charge on any atom is 0.217 e. The summed E-state index contributed by atoms with van der Waals surface area (Å²) in [4.78, 5) is 24.5.